The Bertz CT molecular complexity index is 1830. The van der Waals surface area contributed by atoms with Crippen molar-refractivity contribution in [3.05, 3.63) is 184 Å². The maximum absolute atomic E-state index is 4.63. The fraction of sp³-hybridized carbons (Fsp3) is 0.190. The highest BCUT2D eigenvalue weighted by Crippen LogP contribution is 2.51. The summed E-state index contributed by atoms with van der Waals surface area (Å²) >= 11 is 3.70. The summed E-state index contributed by atoms with van der Waals surface area (Å²) in [6.45, 7) is 11.4. The fourth-order valence-corrected chi connectivity index (χ4v) is 7.57. The van der Waals surface area contributed by atoms with Gasteiger partial charge in [-0.25, -0.2) is 0 Å². The van der Waals surface area contributed by atoms with Crippen molar-refractivity contribution in [2.45, 2.75) is 44.4 Å². The van der Waals surface area contributed by atoms with E-state index in [0.29, 0.717) is 0 Å². The van der Waals surface area contributed by atoms with Gasteiger partial charge < -0.3 is 4.90 Å². The minimum absolute atomic E-state index is 0.215. The van der Waals surface area contributed by atoms with Crippen LogP contribution in [0.2, 0.25) is 0 Å². The molecule has 0 aliphatic carbocycles. The molecule has 0 saturated heterocycles. The monoisotopic (exact) mass is 637 g/mol. The van der Waals surface area contributed by atoms with E-state index in [1.807, 2.05) is 0 Å². The van der Waals surface area contributed by atoms with E-state index in [9.17, 15) is 0 Å². The van der Waals surface area contributed by atoms with Crippen LogP contribution >= 0.6 is 15.9 Å². The molecule has 6 rings (SSSR count). The lowest BCUT2D eigenvalue weighted by atomic mass is 9.70. The molecule has 44 heavy (non-hydrogen) atoms. The van der Waals surface area contributed by atoms with Crippen LogP contribution in [0.3, 0.4) is 0 Å². The predicted octanol–water partition coefficient (Wildman–Crippen LogP) is 11.1. The van der Waals surface area contributed by atoms with E-state index in [4.69, 9.17) is 0 Å². The molecular formula is C42H40BrN. The molecule has 0 N–H and O–H groups in total. The van der Waals surface area contributed by atoms with Gasteiger partial charge in [0, 0.05) is 33.7 Å². The number of halogens is 1. The normalized spacial score (nSPS) is 15.3. The number of benzene rings is 5. The Balaban J connectivity index is 1.43. The smallest absolute Gasteiger partial charge is 0.0456 e. The number of fused-ring (bicyclic) bond motifs is 2. The number of rotatable bonds is 8. The van der Waals surface area contributed by atoms with E-state index in [1.54, 1.807) is 0 Å². The predicted molar refractivity (Wildman–Crippen MR) is 193 cm³/mol. The first kappa shape index (κ1) is 29.9. The Morgan fingerprint density at radius 2 is 1.41 bits per heavy atom. The van der Waals surface area contributed by atoms with Crippen LogP contribution in [0.25, 0.3) is 10.8 Å². The second kappa shape index (κ2) is 12.1. The average Bonchev–Trinajstić information content (AvgIpc) is 3.24. The highest BCUT2D eigenvalue weighted by Gasteiger charge is 2.45. The van der Waals surface area contributed by atoms with Gasteiger partial charge in [0.1, 0.15) is 0 Å². The van der Waals surface area contributed by atoms with Crippen LogP contribution in [0.4, 0.5) is 5.69 Å². The molecule has 5 aromatic rings. The Morgan fingerprint density at radius 1 is 0.818 bits per heavy atom. The summed E-state index contributed by atoms with van der Waals surface area (Å²) in [7, 11) is 2.21. The standard InChI is InChI=1S/C42H40BrN/c1-30-23-24-34-25-26-35(43)27-36(34)40(30)41(3,4)31(2)15-14-22-39-42(28-32-16-8-6-9-17-32,29-33-18-10-7-11-19-33)37-20-12-13-21-38(37)44(39)5/h6-27H,2,28-29H2,1,3-5H3/b15-14+,39-22+. The molecule has 0 saturated carbocycles. The lowest BCUT2D eigenvalue weighted by Crippen LogP contribution is -2.34. The zero-order valence-corrected chi connectivity index (χ0v) is 27.7. The molecule has 5 aromatic carbocycles. The van der Waals surface area contributed by atoms with Gasteiger partial charge in [-0.2, -0.15) is 0 Å². The Hall–Kier alpha value is -4.14. The third-order valence-corrected chi connectivity index (χ3v) is 9.99. The van der Waals surface area contributed by atoms with Crippen LogP contribution in [-0.2, 0) is 23.7 Å². The summed E-state index contributed by atoms with van der Waals surface area (Å²) in [5, 5.41) is 2.52. The first-order chi connectivity index (χ1) is 21.2. The van der Waals surface area contributed by atoms with Gasteiger partial charge >= 0.3 is 0 Å². The van der Waals surface area contributed by atoms with Crippen LogP contribution in [0.5, 0.6) is 0 Å². The van der Waals surface area contributed by atoms with Crippen molar-refractivity contribution in [1.29, 1.82) is 0 Å². The van der Waals surface area contributed by atoms with E-state index in [1.165, 1.54) is 50.0 Å². The van der Waals surface area contributed by atoms with E-state index in [-0.39, 0.29) is 10.8 Å². The van der Waals surface area contributed by atoms with E-state index >= 15 is 0 Å². The van der Waals surface area contributed by atoms with E-state index in [2.05, 4.69) is 189 Å². The second-order valence-corrected chi connectivity index (χ2v) is 13.6. The lowest BCUT2D eigenvalue weighted by Gasteiger charge is -2.34. The van der Waals surface area contributed by atoms with Crippen molar-refractivity contribution in [1.82, 2.24) is 0 Å². The van der Waals surface area contributed by atoms with Crippen LogP contribution in [0.1, 0.15) is 41.7 Å². The molecule has 0 atom stereocenters. The zero-order valence-electron chi connectivity index (χ0n) is 26.1. The van der Waals surface area contributed by atoms with Crippen molar-refractivity contribution in [3.8, 4) is 0 Å². The van der Waals surface area contributed by atoms with Crippen molar-refractivity contribution < 1.29 is 0 Å². The number of aryl methyl sites for hydroxylation is 1. The molecule has 1 nitrogen and oxygen atoms in total. The third kappa shape index (κ3) is 5.48. The Kier molecular flexibility index (Phi) is 8.22. The average molecular weight is 639 g/mol. The second-order valence-electron chi connectivity index (χ2n) is 12.7. The van der Waals surface area contributed by atoms with Crippen LogP contribution in [0, 0.1) is 6.92 Å². The summed E-state index contributed by atoms with van der Waals surface area (Å²) in [4.78, 5) is 2.39. The molecule has 220 valence electrons. The van der Waals surface area contributed by atoms with Crippen molar-refractivity contribution in [3.63, 3.8) is 0 Å². The summed E-state index contributed by atoms with van der Waals surface area (Å²) in [5.74, 6) is 0. The number of hydrogen-bond donors (Lipinski definition) is 0. The minimum Gasteiger partial charge on any atom is -0.347 e. The van der Waals surface area contributed by atoms with Gasteiger partial charge in [0.25, 0.3) is 0 Å². The quantitative estimate of drug-likeness (QED) is 0.153. The fourth-order valence-electron chi connectivity index (χ4n) is 7.21. The Labute approximate surface area is 271 Å². The van der Waals surface area contributed by atoms with Crippen LogP contribution in [-0.4, -0.2) is 7.05 Å². The van der Waals surface area contributed by atoms with Crippen molar-refractivity contribution >= 4 is 32.4 Å². The highest BCUT2D eigenvalue weighted by molar-refractivity contribution is 9.10. The number of allylic oxidation sites excluding steroid dienone is 5. The largest absolute Gasteiger partial charge is 0.347 e. The summed E-state index contributed by atoms with van der Waals surface area (Å²) in [5.41, 5.74) is 9.86. The van der Waals surface area contributed by atoms with Gasteiger partial charge in [-0.3, -0.25) is 0 Å². The maximum Gasteiger partial charge on any atom is 0.0456 e. The SMILES string of the molecule is C=C(/C=C/C=C1/N(C)c2ccccc2C1(Cc1ccccc1)Cc1ccccc1)C(C)(C)c1c(C)ccc2ccc(Br)cc12. The van der Waals surface area contributed by atoms with Gasteiger partial charge in [-0.1, -0.05) is 146 Å². The molecular weight excluding hydrogens is 598 g/mol. The van der Waals surface area contributed by atoms with Gasteiger partial charge in [0.2, 0.25) is 0 Å². The molecule has 0 unspecified atom stereocenters. The van der Waals surface area contributed by atoms with Gasteiger partial charge in [-0.15, -0.1) is 0 Å². The minimum atomic E-state index is -0.255. The molecule has 0 radical (unpaired) electrons. The van der Waals surface area contributed by atoms with E-state index in [0.717, 1.165) is 22.9 Å². The number of likely N-dealkylation sites (N-methyl/N-ethyl adjacent to an activating group) is 1. The van der Waals surface area contributed by atoms with Gasteiger partial charge in [0.15, 0.2) is 0 Å². The van der Waals surface area contributed by atoms with Gasteiger partial charge in [0.05, 0.1) is 0 Å². The molecule has 1 aliphatic rings. The molecule has 0 bridgehead atoms. The summed E-state index contributed by atoms with van der Waals surface area (Å²) in [6, 6.07) is 41.8. The zero-order chi connectivity index (χ0) is 30.9. The molecule has 1 heterocycles. The van der Waals surface area contributed by atoms with Crippen molar-refractivity contribution in [2.24, 2.45) is 0 Å². The molecule has 0 amide bonds. The van der Waals surface area contributed by atoms with Crippen molar-refractivity contribution in [2.75, 3.05) is 11.9 Å². The Morgan fingerprint density at radius 3 is 2.07 bits per heavy atom. The number of anilines is 1. The first-order valence-electron chi connectivity index (χ1n) is 15.4. The summed E-state index contributed by atoms with van der Waals surface area (Å²) in [6.07, 6.45) is 8.61. The van der Waals surface area contributed by atoms with Gasteiger partial charge in [-0.05, 0) is 88.2 Å². The number of hydrogen-bond acceptors (Lipinski definition) is 1. The molecule has 0 aromatic heterocycles. The van der Waals surface area contributed by atoms with Crippen LogP contribution < -0.4 is 4.90 Å². The summed E-state index contributed by atoms with van der Waals surface area (Å²) < 4.78 is 1.09. The van der Waals surface area contributed by atoms with Crippen LogP contribution in [0.15, 0.2) is 156 Å². The molecule has 1 aliphatic heterocycles. The molecule has 2 heteroatoms. The first-order valence-corrected chi connectivity index (χ1v) is 16.2. The number of nitrogens with zero attached hydrogens (tertiary/aromatic N) is 1. The van der Waals surface area contributed by atoms with E-state index < -0.39 is 0 Å². The number of para-hydroxylation sites is 1. The third-order valence-electron chi connectivity index (χ3n) is 9.50. The maximum atomic E-state index is 4.63. The topological polar surface area (TPSA) is 3.24 Å². The highest BCUT2D eigenvalue weighted by atomic mass is 79.9. The molecule has 0 spiro atoms. The lowest BCUT2D eigenvalue weighted by molar-refractivity contribution is 0.507. The molecule has 0 fully saturated rings.